The van der Waals surface area contributed by atoms with Gasteiger partial charge in [0, 0.05) is 11.3 Å². The predicted molar refractivity (Wildman–Crippen MR) is 128 cm³/mol. The van der Waals surface area contributed by atoms with Crippen molar-refractivity contribution in [3.63, 3.8) is 0 Å². The molecular weight excluding hydrogens is 471 g/mol. The van der Waals surface area contributed by atoms with Crippen molar-refractivity contribution in [2.24, 2.45) is 0 Å². The van der Waals surface area contributed by atoms with Crippen molar-refractivity contribution in [2.75, 3.05) is 7.11 Å². The maximum atomic E-state index is 14.4. The second kappa shape index (κ2) is 9.22. The number of phenols is 1. The summed E-state index contributed by atoms with van der Waals surface area (Å²) in [6, 6.07) is 13.8. The molecule has 5 rings (SSSR count). The quantitative estimate of drug-likeness (QED) is 0.376. The van der Waals surface area contributed by atoms with Gasteiger partial charge >= 0.3 is 6.03 Å². The van der Waals surface area contributed by atoms with Gasteiger partial charge in [-0.1, -0.05) is 35.5 Å². The van der Waals surface area contributed by atoms with Crippen molar-refractivity contribution in [2.45, 2.75) is 19.5 Å². The van der Waals surface area contributed by atoms with Crippen LogP contribution in [-0.4, -0.2) is 33.3 Å². The molecule has 0 fully saturated rings. The van der Waals surface area contributed by atoms with Gasteiger partial charge in [0.2, 0.25) is 5.82 Å². The molecule has 2 N–H and O–H groups in total. The number of ether oxygens (including phenoxy) is 1. The Bertz CT molecular complexity index is 1420. The third-order valence-corrected chi connectivity index (χ3v) is 6.68. The fraction of sp³-hybridized carbons (Fsp3) is 0.160. The van der Waals surface area contributed by atoms with Gasteiger partial charge in [-0.2, -0.15) is 4.98 Å². The predicted octanol–water partition coefficient (Wildman–Crippen LogP) is 5.35. The van der Waals surface area contributed by atoms with E-state index in [0.717, 1.165) is 4.88 Å². The second-order valence-electron chi connectivity index (χ2n) is 7.89. The number of allylic oxidation sites excluding steroid dienone is 1. The molecule has 1 atom stereocenters. The summed E-state index contributed by atoms with van der Waals surface area (Å²) in [5.41, 5.74) is 2.03. The Hall–Kier alpha value is -4.18. The number of aromatic hydroxyl groups is 1. The van der Waals surface area contributed by atoms with Crippen molar-refractivity contribution in [1.82, 2.24) is 20.4 Å². The number of hydrogen-bond donors (Lipinski definition) is 2. The van der Waals surface area contributed by atoms with Crippen molar-refractivity contribution >= 4 is 22.9 Å². The van der Waals surface area contributed by atoms with Crippen LogP contribution in [0.3, 0.4) is 0 Å². The van der Waals surface area contributed by atoms with E-state index in [0.29, 0.717) is 34.0 Å². The first kappa shape index (κ1) is 22.6. The van der Waals surface area contributed by atoms with Crippen LogP contribution in [0.1, 0.15) is 30.0 Å². The largest absolute Gasteiger partial charge is 0.504 e. The van der Waals surface area contributed by atoms with Gasteiger partial charge in [0.1, 0.15) is 5.82 Å². The second-order valence-corrected chi connectivity index (χ2v) is 8.84. The van der Waals surface area contributed by atoms with Crippen LogP contribution in [0.2, 0.25) is 0 Å². The van der Waals surface area contributed by atoms with Crippen LogP contribution < -0.4 is 10.1 Å². The molecule has 2 amide bonds. The number of nitrogens with zero attached hydrogens (tertiary/aromatic N) is 3. The van der Waals surface area contributed by atoms with E-state index in [1.54, 1.807) is 37.3 Å². The Balaban J connectivity index is 1.62. The molecule has 35 heavy (non-hydrogen) atoms. The number of rotatable bonds is 6. The summed E-state index contributed by atoms with van der Waals surface area (Å²) in [5.74, 6) is 0.454. The minimum atomic E-state index is -0.701. The summed E-state index contributed by atoms with van der Waals surface area (Å²) in [6.45, 7) is 1.76. The first-order valence-electron chi connectivity index (χ1n) is 10.7. The van der Waals surface area contributed by atoms with E-state index >= 15 is 0 Å². The molecule has 1 aliphatic rings. The molecule has 1 unspecified atom stereocenters. The highest BCUT2D eigenvalue weighted by molar-refractivity contribution is 7.13. The normalized spacial score (nSPS) is 15.9. The van der Waals surface area contributed by atoms with Crippen LogP contribution in [0.5, 0.6) is 11.5 Å². The van der Waals surface area contributed by atoms with E-state index < -0.39 is 17.9 Å². The molecule has 0 radical (unpaired) electrons. The van der Waals surface area contributed by atoms with Crippen molar-refractivity contribution < 1.29 is 23.6 Å². The van der Waals surface area contributed by atoms with E-state index in [2.05, 4.69) is 15.5 Å². The molecule has 4 aromatic rings. The van der Waals surface area contributed by atoms with E-state index in [9.17, 15) is 14.3 Å². The SMILES string of the molecule is COc1ccc(C2NC(=O)N(Cc3ccccc3F)C(C)=C2c2nc(-c3cccs3)no2)cc1O. The molecule has 8 nitrogen and oxygen atoms in total. The highest BCUT2D eigenvalue weighted by Crippen LogP contribution is 2.40. The smallest absolute Gasteiger partial charge is 0.322 e. The van der Waals surface area contributed by atoms with Crippen LogP contribution in [0.4, 0.5) is 9.18 Å². The molecule has 0 saturated carbocycles. The average molecular weight is 493 g/mol. The third kappa shape index (κ3) is 4.24. The maximum absolute atomic E-state index is 14.4. The average Bonchev–Trinajstić information content (AvgIpc) is 3.55. The summed E-state index contributed by atoms with van der Waals surface area (Å²) in [4.78, 5) is 20.0. The van der Waals surface area contributed by atoms with Gasteiger partial charge in [0.25, 0.3) is 5.89 Å². The van der Waals surface area contributed by atoms with Gasteiger partial charge in [-0.25, -0.2) is 9.18 Å². The Morgan fingerprint density at radius 1 is 1.23 bits per heavy atom. The number of methoxy groups -OCH3 is 1. The van der Waals surface area contributed by atoms with Crippen molar-refractivity contribution in [1.29, 1.82) is 0 Å². The zero-order valence-corrected chi connectivity index (χ0v) is 19.7. The molecule has 10 heteroatoms. The number of thiophene rings is 1. The van der Waals surface area contributed by atoms with Crippen LogP contribution in [-0.2, 0) is 6.54 Å². The fourth-order valence-corrected chi connectivity index (χ4v) is 4.67. The van der Waals surface area contributed by atoms with E-state index in [1.807, 2.05) is 17.5 Å². The molecular formula is C25H21FN4O4S. The minimum Gasteiger partial charge on any atom is -0.504 e. The molecule has 0 bridgehead atoms. The number of amides is 2. The zero-order valence-electron chi connectivity index (χ0n) is 18.9. The summed E-state index contributed by atoms with van der Waals surface area (Å²) in [6.07, 6.45) is 0. The topological polar surface area (TPSA) is 101 Å². The van der Waals surface area contributed by atoms with Crippen LogP contribution >= 0.6 is 11.3 Å². The van der Waals surface area contributed by atoms with Gasteiger partial charge < -0.3 is 19.7 Å². The number of carbonyl (C=O) groups is 1. The van der Waals surface area contributed by atoms with E-state index in [-0.39, 0.29) is 18.2 Å². The molecule has 0 spiro atoms. The number of carbonyl (C=O) groups excluding carboxylic acids is 1. The Morgan fingerprint density at radius 2 is 2.06 bits per heavy atom. The molecule has 2 aromatic heterocycles. The maximum Gasteiger partial charge on any atom is 0.322 e. The number of aromatic nitrogens is 2. The Kier molecular flexibility index (Phi) is 5.96. The van der Waals surface area contributed by atoms with E-state index in [4.69, 9.17) is 9.26 Å². The highest BCUT2D eigenvalue weighted by atomic mass is 32.1. The number of halogens is 1. The Morgan fingerprint density at radius 3 is 2.77 bits per heavy atom. The third-order valence-electron chi connectivity index (χ3n) is 5.82. The number of urea groups is 1. The van der Waals surface area contributed by atoms with Crippen LogP contribution in [0, 0.1) is 5.82 Å². The molecule has 0 aliphatic carbocycles. The first-order chi connectivity index (χ1) is 17.0. The standard InChI is InChI=1S/C25H21FN4O4S/c1-14-21(24-28-23(29-34-24)20-8-5-11-35-20)22(15-9-10-19(33-2)18(31)12-15)27-25(32)30(14)13-16-6-3-4-7-17(16)26/h3-12,22,31H,13H2,1-2H3,(H,27,32). The lowest BCUT2D eigenvalue weighted by molar-refractivity contribution is 0.202. The van der Waals surface area contributed by atoms with Gasteiger partial charge in [-0.3, -0.25) is 4.90 Å². The Labute approximate surface area is 204 Å². The van der Waals surface area contributed by atoms with Gasteiger partial charge in [-0.15, -0.1) is 11.3 Å². The van der Waals surface area contributed by atoms with Crippen molar-refractivity contribution in [3.8, 4) is 22.2 Å². The lowest BCUT2D eigenvalue weighted by Gasteiger charge is -2.35. The first-order valence-corrected chi connectivity index (χ1v) is 11.6. The zero-order chi connectivity index (χ0) is 24.5. The minimum absolute atomic E-state index is 0.0142. The van der Waals surface area contributed by atoms with Gasteiger partial charge in [0.15, 0.2) is 11.5 Å². The lowest BCUT2D eigenvalue weighted by Crippen LogP contribution is -2.45. The van der Waals surface area contributed by atoms with Gasteiger partial charge in [0.05, 0.1) is 30.1 Å². The number of benzene rings is 2. The van der Waals surface area contributed by atoms with Gasteiger partial charge in [-0.05, 0) is 42.1 Å². The highest BCUT2D eigenvalue weighted by Gasteiger charge is 2.36. The molecule has 178 valence electrons. The molecule has 3 heterocycles. The van der Waals surface area contributed by atoms with Crippen LogP contribution in [0.25, 0.3) is 16.3 Å². The summed E-state index contributed by atoms with van der Waals surface area (Å²) in [5, 5.41) is 19.3. The lowest BCUT2D eigenvalue weighted by atomic mass is 9.94. The number of nitrogens with one attached hydrogen (secondary N) is 1. The summed E-state index contributed by atoms with van der Waals surface area (Å²) >= 11 is 1.47. The molecule has 2 aromatic carbocycles. The monoisotopic (exact) mass is 492 g/mol. The summed E-state index contributed by atoms with van der Waals surface area (Å²) in [7, 11) is 1.46. The molecule has 1 aliphatic heterocycles. The van der Waals surface area contributed by atoms with Crippen LogP contribution in [0.15, 0.2) is 70.2 Å². The number of hydrogen-bond acceptors (Lipinski definition) is 7. The van der Waals surface area contributed by atoms with E-state index in [1.165, 1.54) is 35.5 Å². The molecule has 0 saturated heterocycles. The van der Waals surface area contributed by atoms with Crippen molar-refractivity contribution in [3.05, 3.63) is 88.5 Å². The summed E-state index contributed by atoms with van der Waals surface area (Å²) < 4.78 is 25.2. The fourth-order valence-electron chi connectivity index (χ4n) is 4.02. The number of phenolic OH excluding ortho intramolecular Hbond substituents is 1.